The molecule has 0 heterocycles. The van der Waals surface area contributed by atoms with Gasteiger partial charge in [-0.15, -0.1) is 0 Å². The van der Waals surface area contributed by atoms with Crippen molar-refractivity contribution in [2.45, 2.75) is 6.04 Å². The van der Waals surface area contributed by atoms with Crippen LogP contribution < -0.4 is 10.8 Å². The first-order chi connectivity index (χ1) is 9.20. The molecule has 2 aromatic carbocycles. The van der Waals surface area contributed by atoms with Crippen LogP contribution in [-0.4, -0.2) is 11.1 Å². The van der Waals surface area contributed by atoms with Crippen molar-refractivity contribution in [2.75, 3.05) is 5.32 Å². The zero-order valence-corrected chi connectivity index (χ0v) is 10.8. The summed E-state index contributed by atoms with van der Waals surface area (Å²) in [6.45, 7) is 0. The fraction of sp³-hybridized carbons (Fsp3) is 0.0714. The Balaban J connectivity index is 2.26. The number of benzene rings is 2. The number of amides is 1. The highest BCUT2D eigenvalue weighted by Crippen LogP contribution is 2.21. The maximum atomic E-state index is 11.7. The van der Waals surface area contributed by atoms with Crippen LogP contribution in [0.3, 0.4) is 0 Å². The molecule has 0 bridgehead atoms. The van der Waals surface area contributed by atoms with Crippen molar-refractivity contribution in [1.82, 2.24) is 5.48 Å². The first-order valence-electron chi connectivity index (χ1n) is 5.71. The van der Waals surface area contributed by atoms with Gasteiger partial charge in [0.05, 0.1) is 0 Å². The normalized spacial score (nSPS) is 11.7. The molecule has 1 unspecified atom stereocenters. The first kappa shape index (κ1) is 13.4. The maximum Gasteiger partial charge on any atom is 0.270 e. The minimum absolute atomic E-state index is 0.536. The van der Waals surface area contributed by atoms with Crippen LogP contribution in [0.2, 0.25) is 5.02 Å². The molecule has 19 heavy (non-hydrogen) atoms. The Bertz CT molecular complexity index is 543. The summed E-state index contributed by atoms with van der Waals surface area (Å²) < 4.78 is 0. The molecule has 0 fully saturated rings. The van der Waals surface area contributed by atoms with Gasteiger partial charge < -0.3 is 5.32 Å². The minimum atomic E-state index is -0.690. The lowest BCUT2D eigenvalue weighted by atomic mass is 10.1. The van der Waals surface area contributed by atoms with Gasteiger partial charge in [0.1, 0.15) is 6.04 Å². The Hall–Kier alpha value is -2.04. The van der Waals surface area contributed by atoms with Gasteiger partial charge in [0.2, 0.25) is 0 Å². The largest absolute Gasteiger partial charge is 0.370 e. The smallest absolute Gasteiger partial charge is 0.270 e. The average molecular weight is 277 g/mol. The van der Waals surface area contributed by atoms with Crippen LogP contribution in [0.1, 0.15) is 11.6 Å². The van der Waals surface area contributed by atoms with E-state index < -0.39 is 11.9 Å². The van der Waals surface area contributed by atoms with Crippen molar-refractivity contribution < 1.29 is 10.0 Å². The number of nitrogens with one attached hydrogen (secondary N) is 2. The van der Waals surface area contributed by atoms with E-state index in [0.29, 0.717) is 10.6 Å². The van der Waals surface area contributed by atoms with Crippen molar-refractivity contribution in [1.29, 1.82) is 0 Å². The number of para-hydroxylation sites is 1. The molecule has 4 nitrogen and oxygen atoms in total. The topological polar surface area (TPSA) is 61.4 Å². The number of rotatable bonds is 4. The Morgan fingerprint density at radius 3 is 2.26 bits per heavy atom. The third-order valence-corrected chi connectivity index (χ3v) is 2.91. The Morgan fingerprint density at radius 2 is 1.68 bits per heavy atom. The van der Waals surface area contributed by atoms with Crippen molar-refractivity contribution in [3.8, 4) is 0 Å². The van der Waals surface area contributed by atoms with Crippen LogP contribution in [0, 0.1) is 0 Å². The second kappa shape index (κ2) is 6.22. The van der Waals surface area contributed by atoms with E-state index in [2.05, 4.69) is 5.32 Å². The number of anilines is 1. The third-order valence-electron chi connectivity index (χ3n) is 2.66. The van der Waals surface area contributed by atoms with Gasteiger partial charge in [-0.05, 0) is 29.8 Å². The summed E-state index contributed by atoms with van der Waals surface area (Å²) in [5.74, 6) is -0.536. The molecule has 0 aliphatic heterocycles. The second-order valence-corrected chi connectivity index (χ2v) is 4.41. The number of carbonyl (C=O) groups is 1. The highest BCUT2D eigenvalue weighted by molar-refractivity contribution is 6.30. The molecule has 2 aromatic rings. The summed E-state index contributed by atoms with van der Waals surface area (Å²) in [4.78, 5) is 11.7. The standard InChI is InChI=1S/C14H13ClN2O2/c15-11-8-6-10(7-9-11)13(14(18)17-19)16-12-4-2-1-3-5-12/h1-9,13,16,19H,(H,17,18). The third kappa shape index (κ3) is 3.47. The van der Waals surface area contributed by atoms with Crippen LogP contribution in [0.5, 0.6) is 0 Å². The van der Waals surface area contributed by atoms with Gasteiger partial charge in [-0.1, -0.05) is 41.9 Å². The fourth-order valence-corrected chi connectivity index (χ4v) is 1.85. The van der Waals surface area contributed by atoms with Crippen LogP contribution in [0.25, 0.3) is 0 Å². The minimum Gasteiger partial charge on any atom is -0.370 e. The monoisotopic (exact) mass is 276 g/mol. The molecular weight excluding hydrogens is 264 g/mol. The van der Waals surface area contributed by atoms with Crippen molar-refractivity contribution in [3.63, 3.8) is 0 Å². The summed E-state index contributed by atoms with van der Waals surface area (Å²) in [6.07, 6.45) is 0. The molecule has 0 saturated heterocycles. The summed E-state index contributed by atoms with van der Waals surface area (Å²) in [5.41, 5.74) is 3.16. The SMILES string of the molecule is O=C(NO)C(Nc1ccccc1)c1ccc(Cl)cc1. The summed E-state index contributed by atoms with van der Waals surface area (Å²) in [6, 6.07) is 15.5. The number of hydroxylamine groups is 1. The molecule has 0 spiro atoms. The van der Waals surface area contributed by atoms with Crippen LogP contribution in [-0.2, 0) is 4.79 Å². The van der Waals surface area contributed by atoms with E-state index in [1.807, 2.05) is 30.3 Å². The molecule has 0 saturated carbocycles. The lowest BCUT2D eigenvalue weighted by Gasteiger charge is -2.18. The van der Waals surface area contributed by atoms with Crippen molar-refractivity contribution in [2.24, 2.45) is 0 Å². The van der Waals surface area contributed by atoms with E-state index in [4.69, 9.17) is 16.8 Å². The molecular formula is C14H13ClN2O2. The lowest BCUT2D eigenvalue weighted by Crippen LogP contribution is -2.31. The van der Waals surface area contributed by atoms with Gasteiger partial charge >= 0.3 is 0 Å². The maximum absolute atomic E-state index is 11.7. The quantitative estimate of drug-likeness (QED) is 0.594. The van der Waals surface area contributed by atoms with Crippen molar-refractivity contribution in [3.05, 3.63) is 65.2 Å². The predicted molar refractivity (Wildman–Crippen MR) is 74.2 cm³/mol. The highest BCUT2D eigenvalue weighted by atomic mass is 35.5. The molecule has 5 heteroatoms. The highest BCUT2D eigenvalue weighted by Gasteiger charge is 2.19. The number of hydrogen-bond acceptors (Lipinski definition) is 3. The molecule has 98 valence electrons. The predicted octanol–water partition coefficient (Wildman–Crippen LogP) is 3.00. The van der Waals surface area contributed by atoms with Gasteiger partial charge in [-0.2, -0.15) is 0 Å². The molecule has 1 amide bonds. The molecule has 2 rings (SSSR count). The molecule has 3 N–H and O–H groups in total. The van der Waals surface area contributed by atoms with Crippen molar-refractivity contribution >= 4 is 23.2 Å². The van der Waals surface area contributed by atoms with Gasteiger partial charge in [0.15, 0.2) is 0 Å². The Labute approximate surface area is 116 Å². The fourth-order valence-electron chi connectivity index (χ4n) is 1.72. The van der Waals surface area contributed by atoms with Crippen LogP contribution in [0.4, 0.5) is 5.69 Å². The second-order valence-electron chi connectivity index (χ2n) is 3.97. The van der Waals surface area contributed by atoms with Gasteiger partial charge in [-0.3, -0.25) is 10.0 Å². The molecule has 0 aliphatic carbocycles. The Kier molecular flexibility index (Phi) is 4.39. The number of hydrogen-bond donors (Lipinski definition) is 3. The van der Waals surface area contributed by atoms with E-state index in [-0.39, 0.29) is 0 Å². The number of halogens is 1. The van der Waals surface area contributed by atoms with E-state index in [1.165, 1.54) is 0 Å². The molecule has 0 radical (unpaired) electrons. The molecule has 0 aromatic heterocycles. The van der Waals surface area contributed by atoms with Gasteiger partial charge in [0.25, 0.3) is 5.91 Å². The van der Waals surface area contributed by atoms with Crippen LogP contribution >= 0.6 is 11.6 Å². The van der Waals surface area contributed by atoms with E-state index >= 15 is 0 Å². The zero-order chi connectivity index (χ0) is 13.7. The summed E-state index contributed by atoms with van der Waals surface area (Å²) in [5, 5.41) is 12.5. The summed E-state index contributed by atoms with van der Waals surface area (Å²) >= 11 is 5.82. The average Bonchev–Trinajstić information content (AvgIpc) is 2.46. The Morgan fingerprint density at radius 1 is 1.05 bits per heavy atom. The van der Waals surface area contributed by atoms with Gasteiger partial charge in [0, 0.05) is 10.7 Å². The van der Waals surface area contributed by atoms with E-state index in [1.54, 1.807) is 29.7 Å². The van der Waals surface area contributed by atoms with Gasteiger partial charge in [-0.25, -0.2) is 5.48 Å². The number of carbonyl (C=O) groups excluding carboxylic acids is 1. The van der Waals surface area contributed by atoms with E-state index in [0.717, 1.165) is 5.69 Å². The molecule has 1 atom stereocenters. The molecule has 0 aliphatic rings. The lowest BCUT2D eigenvalue weighted by molar-refractivity contribution is -0.130. The first-order valence-corrected chi connectivity index (χ1v) is 6.09. The van der Waals surface area contributed by atoms with Crippen LogP contribution in [0.15, 0.2) is 54.6 Å². The zero-order valence-electron chi connectivity index (χ0n) is 10.0. The van der Waals surface area contributed by atoms with E-state index in [9.17, 15) is 4.79 Å². The summed E-state index contributed by atoms with van der Waals surface area (Å²) in [7, 11) is 0.